The highest BCUT2D eigenvalue weighted by molar-refractivity contribution is 7.12. The number of guanidine groups is 1. The fraction of sp³-hybridized carbons (Fsp3) is 0.588. The van der Waals surface area contributed by atoms with Crippen LogP contribution in [-0.4, -0.2) is 80.7 Å². The fourth-order valence-electron chi connectivity index (χ4n) is 2.63. The van der Waals surface area contributed by atoms with E-state index in [1.54, 1.807) is 11.9 Å². The topological polar surface area (TPSA) is 86.3 Å². The lowest BCUT2D eigenvalue weighted by Gasteiger charge is -2.35. The summed E-state index contributed by atoms with van der Waals surface area (Å²) < 4.78 is 5.03. The first kappa shape index (κ1) is 20.0. The van der Waals surface area contributed by atoms with Crippen molar-refractivity contribution in [2.45, 2.75) is 13.3 Å². The van der Waals surface area contributed by atoms with E-state index in [2.05, 4.69) is 20.5 Å². The van der Waals surface area contributed by atoms with Crippen LogP contribution in [0.25, 0.3) is 0 Å². The van der Waals surface area contributed by atoms with Crippen LogP contribution in [-0.2, 0) is 4.74 Å². The maximum Gasteiger partial charge on any atom is 0.409 e. The molecule has 0 saturated carbocycles. The minimum absolute atomic E-state index is 0.0283. The van der Waals surface area contributed by atoms with Gasteiger partial charge in [-0.1, -0.05) is 6.07 Å². The number of piperazine rings is 1. The van der Waals surface area contributed by atoms with E-state index in [1.165, 1.54) is 11.3 Å². The molecule has 2 rings (SSSR count). The maximum absolute atomic E-state index is 11.8. The molecule has 1 aromatic heterocycles. The molecule has 0 spiro atoms. The van der Waals surface area contributed by atoms with Crippen LogP contribution < -0.4 is 10.6 Å². The standard InChI is InChI=1S/C17H27N5O3S/c1-3-25-17(24)22-11-9-21(10-12-22)16(18-2)20-8-5-7-19-15(23)14-6-4-13-26-14/h4,6,13H,3,5,7-12H2,1-2H3,(H,18,20)(H,19,23). The minimum Gasteiger partial charge on any atom is -0.450 e. The monoisotopic (exact) mass is 381 g/mol. The van der Waals surface area contributed by atoms with E-state index in [9.17, 15) is 9.59 Å². The van der Waals surface area contributed by atoms with E-state index >= 15 is 0 Å². The molecule has 1 aliphatic rings. The van der Waals surface area contributed by atoms with Crippen molar-refractivity contribution in [3.05, 3.63) is 22.4 Å². The van der Waals surface area contributed by atoms with Gasteiger partial charge in [-0.25, -0.2) is 4.79 Å². The Balaban J connectivity index is 1.64. The van der Waals surface area contributed by atoms with E-state index < -0.39 is 0 Å². The van der Waals surface area contributed by atoms with Gasteiger partial charge in [0.2, 0.25) is 0 Å². The SMILES string of the molecule is CCOC(=O)N1CCN(C(=NC)NCCCNC(=O)c2cccs2)CC1. The summed E-state index contributed by atoms with van der Waals surface area (Å²) in [5, 5.41) is 8.11. The first-order valence-corrected chi connectivity index (χ1v) is 9.72. The molecule has 8 nitrogen and oxygen atoms in total. The minimum atomic E-state index is -0.253. The number of carbonyl (C=O) groups is 2. The van der Waals surface area contributed by atoms with Crippen molar-refractivity contribution >= 4 is 29.3 Å². The van der Waals surface area contributed by atoms with Crippen molar-refractivity contribution < 1.29 is 14.3 Å². The van der Waals surface area contributed by atoms with E-state index in [4.69, 9.17) is 4.74 Å². The maximum atomic E-state index is 11.8. The first-order chi connectivity index (χ1) is 12.7. The summed E-state index contributed by atoms with van der Waals surface area (Å²) in [6, 6.07) is 3.68. The Labute approximate surface area is 158 Å². The second-order valence-electron chi connectivity index (χ2n) is 5.73. The number of thiophene rings is 1. The zero-order valence-electron chi connectivity index (χ0n) is 15.4. The largest absolute Gasteiger partial charge is 0.450 e. The number of amides is 2. The molecule has 1 saturated heterocycles. The Morgan fingerprint density at radius 2 is 1.88 bits per heavy atom. The van der Waals surface area contributed by atoms with Crippen molar-refractivity contribution in [2.24, 2.45) is 4.99 Å². The summed E-state index contributed by atoms with van der Waals surface area (Å²) in [6.07, 6.45) is 0.551. The Morgan fingerprint density at radius 1 is 1.19 bits per heavy atom. The summed E-state index contributed by atoms with van der Waals surface area (Å²) in [6.45, 7) is 6.20. The van der Waals surface area contributed by atoms with Crippen molar-refractivity contribution in [2.75, 3.05) is 52.9 Å². The van der Waals surface area contributed by atoms with Gasteiger partial charge in [-0.2, -0.15) is 0 Å². The molecule has 9 heteroatoms. The Hall–Kier alpha value is -2.29. The van der Waals surface area contributed by atoms with Gasteiger partial charge in [-0.05, 0) is 24.8 Å². The highest BCUT2D eigenvalue weighted by Gasteiger charge is 2.23. The molecule has 0 aliphatic carbocycles. The van der Waals surface area contributed by atoms with Crippen LogP contribution in [0.2, 0.25) is 0 Å². The normalized spacial score (nSPS) is 14.9. The molecule has 2 amide bonds. The van der Waals surface area contributed by atoms with E-state index in [0.717, 1.165) is 23.8 Å². The zero-order chi connectivity index (χ0) is 18.8. The number of nitrogens with one attached hydrogen (secondary N) is 2. The van der Waals surface area contributed by atoms with Crippen LogP contribution in [0, 0.1) is 0 Å². The van der Waals surface area contributed by atoms with Crippen molar-refractivity contribution in [1.29, 1.82) is 0 Å². The van der Waals surface area contributed by atoms with Crippen LogP contribution in [0.4, 0.5) is 4.79 Å². The molecular weight excluding hydrogens is 354 g/mol. The molecule has 144 valence electrons. The van der Waals surface area contributed by atoms with Gasteiger partial charge in [0, 0.05) is 46.3 Å². The lowest BCUT2D eigenvalue weighted by Crippen LogP contribution is -2.54. The summed E-state index contributed by atoms with van der Waals surface area (Å²) in [7, 11) is 1.75. The molecule has 26 heavy (non-hydrogen) atoms. The summed E-state index contributed by atoms with van der Waals surface area (Å²) >= 11 is 1.44. The molecule has 2 heterocycles. The second kappa shape index (κ2) is 10.6. The van der Waals surface area contributed by atoms with Crippen LogP contribution >= 0.6 is 11.3 Å². The van der Waals surface area contributed by atoms with E-state index in [1.807, 2.05) is 24.4 Å². The highest BCUT2D eigenvalue weighted by Crippen LogP contribution is 2.07. The average Bonchev–Trinajstić information content (AvgIpc) is 3.20. The van der Waals surface area contributed by atoms with Crippen LogP contribution in [0.1, 0.15) is 23.0 Å². The van der Waals surface area contributed by atoms with Gasteiger partial charge in [-0.15, -0.1) is 11.3 Å². The van der Waals surface area contributed by atoms with E-state index in [0.29, 0.717) is 39.3 Å². The number of hydrogen-bond donors (Lipinski definition) is 2. The van der Waals surface area contributed by atoms with Crippen molar-refractivity contribution in [3.8, 4) is 0 Å². The predicted molar refractivity (Wildman–Crippen MR) is 103 cm³/mol. The third-order valence-electron chi connectivity index (χ3n) is 3.98. The highest BCUT2D eigenvalue weighted by atomic mass is 32.1. The molecule has 0 unspecified atom stereocenters. The van der Waals surface area contributed by atoms with Crippen LogP contribution in [0.5, 0.6) is 0 Å². The van der Waals surface area contributed by atoms with Gasteiger partial charge in [-0.3, -0.25) is 9.79 Å². The quantitative estimate of drug-likeness (QED) is 0.440. The number of ether oxygens (including phenoxy) is 1. The van der Waals surface area contributed by atoms with Gasteiger partial charge < -0.3 is 25.2 Å². The molecule has 1 aromatic rings. The lowest BCUT2D eigenvalue weighted by atomic mass is 10.3. The molecule has 0 bridgehead atoms. The summed E-state index contributed by atoms with van der Waals surface area (Å²) in [4.78, 5) is 32.4. The van der Waals surface area contributed by atoms with Crippen LogP contribution in [0.15, 0.2) is 22.5 Å². The second-order valence-corrected chi connectivity index (χ2v) is 6.68. The van der Waals surface area contributed by atoms with Gasteiger partial charge in [0.1, 0.15) is 0 Å². The van der Waals surface area contributed by atoms with Gasteiger partial charge in [0.05, 0.1) is 11.5 Å². The Bertz CT molecular complexity index is 598. The summed E-state index contributed by atoms with van der Waals surface area (Å²) in [5.41, 5.74) is 0. The number of aliphatic imine (C=N–C) groups is 1. The van der Waals surface area contributed by atoms with Gasteiger partial charge in [0.25, 0.3) is 5.91 Å². The Kier molecular flexibility index (Phi) is 8.20. The van der Waals surface area contributed by atoms with E-state index in [-0.39, 0.29) is 12.0 Å². The molecular formula is C17H27N5O3S. The summed E-state index contributed by atoms with van der Waals surface area (Å²) in [5.74, 6) is 0.789. The van der Waals surface area contributed by atoms with Crippen LogP contribution in [0.3, 0.4) is 0 Å². The van der Waals surface area contributed by atoms with Crippen molar-refractivity contribution in [3.63, 3.8) is 0 Å². The van der Waals surface area contributed by atoms with Gasteiger partial charge >= 0.3 is 6.09 Å². The fourth-order valence-corrected chi connectivity index (χ4v) is 3.27. The molecule has 1 aliphatic heterocycles. The molecule has 2 N–H and O–H groups in total. The van der Waals surface area contributed by atoms with Crippen molar-refractivity contribution in [1.82, 2.24) is 20.4 Å². The molecule has 0 radical (unpaired) electrons. The smallest absolute Gasteiger partial charge is 0.409 e. The number of rotatable bonds is 6. The molecule has 0 aromatic carbocycles. The molecule has 0 atom stereocenters. The number of hydrogen-bond acceptors (Lipinski definition) is 5. The average molecular weight is 382 g/mol. The third kappa shape index (κ3) is 5.91. The third-order valence-corrected chi connectivity index (χ3v) is 4.85. The lowest BCUT2D eigenvalue weighted by molar-refractivity contribution is 0.0912. The predicted octanol–water partition coefficient (Wildman–Crippen LogP) is 1.22. The number of nitrogens with zero attached hydrogens (tertiary/aromatic N) is 3. The molecule has 1 fully saturated rings. The number of carbonyl (C=O) groups excluding carboxylic acids is 2. The Morgan fingerprint density at radius 3 is 2.50 bits per heavy atom. The zero-order valence-corrected chi connectivity index (χ0v) is 16.2. The first-order valence-electron chi connectivity index (χ1n) is 8.84. The van der Waals surface area contributed by atoms with Gasteiger partial charge in [0.15, 0.2) is 5.96 Å².